The van der Waals surface area contributed by atoms with Gasteiger partial charge in [0.1, 0.15) is 17.2 Å². The van der Waals surface area contributed by atoms with Crippen molar-refractivity contribution in [2.45, 2.75) is 70.4 Å². The Kier molecular flexibility index (Phi) is 7.79. The summed E-state index contributed by atoms with van der Waals surface area (Å²) in [6.45, 7) is 2.18. The second-order valence-electron chi connectivity index (χ2n) is 9.42. The number of aryl methyl sites for hydroxylation is 1. The molecule has 0 unspecified atom stereocenters. The Labute approximate surface area is 203 Å². The smallest absolute Gasteiger partial charge is 0.206 e. The van der Waals surface area contributed by atoms with E-state index in [0.717, 1.165) is 43.1 Å². The maximum absolute atomic E-state index is 14.1. The zero-order valence-electron chi connectivity index (χ0n) is 19.8. The van der Waals surface area contributed by atoms with E-state index in [-0.39, 0.29) is 11.5 Å². The maximum Gasteiger partial charge on any atom is 0.422 e. The first kappa shape index (κ1) is 25.2. The number of hydrogen-bond acceptors (Lipinski definition) is 0. The average Bonchev–Trinajstić information content (AvgIpc) is 2.81. The van der Waals surface area contributed by atoms with Crippen molar-refractivity contribution in [3.63, 3.8) is 0 Å². The van der Waals surface area contributed by atoms with Crippen LogP contribution >= 0.6 is 0 Å². The van der Waals surface area contributed by atoms with Crippen LogP contribution < -0.4 is 0 Å². The van der Waals surface area contributed by atoms with Gasteiger partial charge in [-0.25, -0.2) is 8.78 Å². The molecule has 0 aromatic heterocycles. The number of unbranched alkanes of at least 4 members (excludes halogenated alkanes) is 4. The summed E-state index contributed by atoms with van der Waals surface area (Å²) in [6, 6.07) is 13.7. The van der Waals surface area contributed by atoms with E-state index >= 15 is 0 Å². The van der Waals surface area contributed by atoms with Crippen LogP contribution in [-0.2, 0) is 12.6 Å². The van der Waals surface area contributed by atoms with Gasteiger partial charge in [0.05, 0.1) is 0 Å². The lowest BCUT2D eigenvalue weighted by atomic mass is 9.72. The van der Waals surface area contributed by atoms with Gasteiger partial charge < -0.3 is 0 Å². The molecule has 0 saturated carbocycles. The van der Waals surface area contributed by atoms with Crippen LogP contribution in [0, 0.1) is 29.4 Å². The first-order valence-corrected chi connectivity index (χ1v) is 12.4. The van der Waals surface area contributed by atoms with E-state index in [2.05, 4.69) is 43.0 Å². The molecule has 3 aromatic carbocycles. The predicted molar refractivity (Wildman–Crippen MR) is 130 cm³/mol. The lowest BCUT2D eigenvalue weighted by molar-refractivity contribution is -0.142. The molecular weight excluding hydrogens is 455 g/mol. The summed E-state index contributed by atoms with van der Waals surface area (Å²) in [5.41, 5.74) is 0.411. The van der Waals surface area contributed by atoms with Crippen LogP contribution in [0.1, 0.15) is 80.0 Å². The summed E-state index contributed by atoms with van der Waals surface area (Å²) in [7, 11) is 0. The summed E-state index contributed by atoms with van der Waals surface area (Å²) >= 11 is 0. The maximum atomic E-state index is 14.1. The van der Waals surface area contributed by atoms with Gasteiger partial charge in [-0.1, -0.05) is 87.3 Å². The minimum atomic E-state index is -5.09. The average molecular weight is 485 g/mol. The Morgan fingerprint density at radius 3 is 2.34 bits per heavy atom. The minimum absolute atomic E-state index is 0.0809. The van der Waals surface area contributed by atoms with Crippen LogP contribution in [0.2, 0.25) is 0 Å². The third-order valence-electron chi connectivity index (χ3n) is 7.02. The first-order valence-electron chi connectivity index (χ1n) is 12.4. The molecule has 184 valence electrons. The molecular formula is C30H29F5. The van der Waals surface area contributed by atoms with Gasteiger partial charge in [-0.05, 0) is 59.2 Å². The standard InChI is InChI=1S/C30H29F5/c1-2-3-4-5-6-9-22-14-16-25-23-11-8-7-10-21(23)13-17-26(25)24(22)15-12-20-18-27(31)29(28(32)19-20)30(33,34)35/h7-8,10-11,13,17-19,22,24H,2-6,9,14,16H2,1H3/t22-,24+/m1/s1. The summed E-state index contributed by atoms with van der Waals surface area (Å²) in [4.78, 5) is 0. The number of rotatable bonds is 6. The number of halogens is 5. The first-order chi connectivity index (χ1) is 16.8. The summed E-state index contributed by atoms with van der Waals surface area (Å²) in [5, 5.41) is 2.34. The quantitative estimate of drug-likeness (QED) is 0.186. The molecule has 4 rings (SSSR count). The van der Waals surface area contributed by atoms with Crippen molar-refractivity contribution in [1.29, 1.82) is 0 Å². The van der Waals surface area contributed by atoms with Crippen LogP contribution in [0.5, 0.6) is 0 Å². The highest BCUT2D eigenvalue weighted by molar-refractivity contribution is 5.87. The van der Waals surface area contributed by atoms with Crippen LogP contribution in [0.3, 0.4) is 0 Å². The van der Waals surface area contributed by atoms with E-state index in [1.165, 1.54) is 30.2 Å². The minimum Gasteiger partial charge on any atom is -0.206 e. The highest BCUT2D eigenvalue weighted by Crippen LogP contribution is 2.41. The van der Waals surface area contributed by atoms with Gasteiger partial charge >= 0.3 is 6.18 Å². The summed E-state index contributed by atoms with van der Waals surface area (Å²) in [6.07, 6.45) is 3.66. The molecule has 2 atom stereocenters. The van der Waals surface area contributed by atoms with E-state index in [1.807, 2.05) is 12.1 Å². The van der Waals surface area contributed by atoms with E-state index in [4.69, 9.17) is 0 Å². The number of hydrogen-bond donors (Lipinski definition) is 0. The lowest BCUT2D eigenvalue weighted by Crippen LogP contribution is -2.20. The Morgan fingerprint density at radius 1 is 0.914 bits per heavy atom. The monoisotopic (exact) mass is 484 g/mol. The Hall–Kier alpha value is -2.87. The van der Waals surface area contributed by atoms with E-state index in [0.29, 0.717) is 18.1 Å². The Balaban J connectivity index is 1.68. The molecule has 0 spiro atoms. The van der Waals surface area contributed by atoms with Crippen LogP contribution in [-0.4, -0.2) is 0 Å². The van der Waals surface area contributed by atoms with Crippen molar-refractivity contribution in [3.05, 3.63) is 82.4 Å². The van der Waals surface area contributed by atoms with E-state index in [9.17, 15) is 22.0 Å². The number of benzene rings is 3. The third-order valence-corrected chi connectivity index (χ3v) is 7.02. The van der Waals surface area contributed by atoms with Gasteiger partial charge in [-0.2, -0.15) is 13.2 Å². The van der Waals surface area contributed by atoms with Gasteiger partial charge in [-0.15, -0.1) is 0 Å². The third kappa shape index (κ3) is 5.69. The molecule has 0 radical (unpaired) electrons. The topological polar surface area (TPSA) is 0 Å². The van der Waals surface area contributed by atoms with Gasteiger partial charge in [0.15, 0.2) is 0 Å². The molecule has 0 amide bonds. The molecule has 5 heteroatoms. The molecule has 0 fully saturated rings. The van der Waals surface area contributed by atoms with Crippen molar-refractivity contribution in [1.82, 2.24) is 0 Å². The molecule has 0 bridgehead atoms. The summed E-state index contributed by atoms with van der Waals surface area (Å²) in [5.74, 6) is 2.90. The molecule has 0 aliphatic heterocycles. The summed E-state index contributed by atoms with van der Waals surface area (Å²) < 4.78 is 67.0. The van der Waals surface area contributed by atoms with Crippen LogP contribution in [0.25, 0.3) is 10.8 Å². The molecule has 3 aromatic rings. The van der Waals surface area contributed by atoms with Gasteiger partial charge in [-0.3, -0.25) is 0 Å². The Morgan fingerprint density at radius 2 is 1.63 bits per heavy atom. The van der Waals surface area contributed by atoms with Crippen molar-refractivity contribution in [2.24, 2.45) is 5.92 Å². The second kappa shape index (κ2) is 10.8. The van der Waals surface area contributed by atoms with Gasteiger partial charge in [0, 0.05) is 11.5 Å². The highest BCUT2D eigenvalue weighted by Gasteiger charge is 2.38. The SMILES string of the molecule is CCCCCCC[C@@H]1CCc2c(ccc3ccccc23)[C@H]1C#Cc1cc(F)c(C(F)(F)F)c(F)c1. The zero-order chi connectivity index (χ0) is 25.0. The molecule has 1 aliphatic rings. The second-order valence-corrected chi connectivity index (χ2v) is 9.42. The van der Waals surface area contributed by atoms with Crippen LogP contribution in [0.4, 0.5) is 22.0 Å². The normalized spacial score (nSPS) is 17.7. The van der Waals surface area contributed by atoms with E-state index in [1.54, 1.807) is 0 Å². The molecule has 0 heterocycles. The van der Waals surface area contributed by atoms with Crippen molar-refractivity contribution < 1.29 is 22.0 Å². The fourth-order valence-electron chi connectivity index (χ4n) is 5.27. The largest absolute Gasteiger partial charge is 0.422 e. The molecule has 0 saturated heterocycles. The van der Waals surface area contributed by atoms with E-state index < -0.39 is 23.4 Å². The lowest BCUT2D eigenvalue weighted by Gasteiger charge is -2.31. The number of fused-ring (bicyclic) bond motifs is 3. The number of alkyl halides is 3. The predicted octanol–water partition coefficient (Wildman–Crippen LogP) is 9.20. The van der Waals surface area contributed by atoms with Gasteiger partial charge in [0.2, 0.25) is 0 Å². The highest BCUT2D eigenvalue weighted by atomic mass is 19.4. The van der Waals surface area contributed by atoms with Crippen molar-refractivity contribution in [3.8, 4) is 11.8 Å². The zero-order valence-corrected chi connectivity index (χ0v) is 19.8. The molecule has 1 aliphatic carbocycles. The molecule has 35 heavy (non-hydrogen) atoms. The fourth-order valence-corrected chi connectivity index (χ4v) is 5.27. The Bertz CT molecular complexity index is 1220. The molecule has 0 N–H and O–H groups in total. The fraction of sp³-hybridized carbons (Fsp3) is 0.400. The van der Waals surface area contributed by atoms with Crippen molar-refractivity contribution >= 4 is 10.8 Å². The molecule has 0 nitrogen and oxygen atoms in total. The van der Waals surface area contributed by atoms with Crippen molar-refractivity contribution in [2.75, 3.05) is 0 Å². The van der Waals surface area contributed by atoms with Crippen LogP contribution in [0.15, 0.2) is 48.5 Å². The van der Waals surface area contributed by atoms with Gasteiger partial charge in [0.25, 0.3) is 0 Å².